The van der Waals surface area contributed by atoms with Crippen molar-refractivity contribution in [3.63, 3.8) is 0 Å². The van der Waals surface area contributed by atoms with E-state index in [2.05, 4.69) is 0 Å². The maximum atomic E-state index is 12.5. The number of carbonyl (C=O) groups excluding carboxylic acids is 1. The lowest BCUT2D eigenvalue weighted by Crippen LogP contribution is -2.54. The number of urea groups is 1. The number of carbonyl (C=O) groups is 1. The van der Waals surface area contributed by atoms with Gasteiger partial charge in [-0.05, 0) is 19.4 Å². The van der Waals surface area contributed by atoms with Crippen LogP contribution in [0.2, 0.25) is 0 Å². The molecule has 0 aromatic heterocycles. The highest BCUT2D eigenvalue weighted by Gasteiger charge is 2.31. The van der Waals surface area contributed by atoms with E-state index in [9.17, 15) is 13.2 Å². The van der Waals surface area contributed by atoms with Gasteiger partial charge in [0.05, 0.1) is 5.25 Å². The van der Waals surface area contributed by atoms with Crippen molar-refractivity contribution in [2.45, 2.75) is 25.6 Å². The second kappa shape index (κ2) is 7.31. The first-order valence-corrected chi connectivity index (χ1v) is 9.35. The number of nitrogens with zero attached hydrogens (tertiary/aromatic N) is 3. The summed E-state index contributed by atoms with van der Waals surface area (Å²) in [6.45, 7) is 5.51. The first kappa shape index (κ1) is 17.7. The van der Waals surface area contributed by atoms with Crippen LogP contribution in [0.15, 0.2) is 30.3 Å². The van der Waals surface area contributed by atoms with Gasteiger partial charge in [0.25, 0.3) is 0 Å². The summed E-state index contributed by atoms with van der Waals surface area (Å²) in [5.74, 6) is 0. The van der Waals surface area contributed by atoms with Gasteiger partial charge in [0.2, 0.25) is 10.0 Å². The quantitative estimate of drug-likeness (QED) is 0.837. The van der Waals surface area contributed by atoms with Gasteiger partial charge in [-0.1, -0.05) is 30.3 Å². The van der Waals surface area contributed by atoms with Crippen LogP contribution in [0.3, 0.4) is 0 Å². The van der Waals surface area contributed by atoms with Gasteiger partial charge in [-0.2, -0.15) is 4.31 Å². The van der Waals surface area contributed by atoms with Gasteiger partial charge in [-0.15, -0.1) is 0 Å². The first-order chi connectivity index (χ1) is 10.8. The highest BCUT2D eigenvalue weighted by atomic mass is 32.2. The van der Waals surface area contributed by atoms with E-state index >= 15 is 0 Å². The molecule has 1 aliphatic rings. The molecule has 1 fully saturated rings. The van der Waals surface area contributed by atoms with Crippen LogP contribution in [0, 0.1) is 0 Å². The van der Waals surface area contributed by atoms with Gasteiger partial charge in [0.15, 0.2) is 0 Å². The standard InChI is InChI=1S/C16H25N3O3S/c1-14(2)23(21,22)19-11-9-18(10-12-19)16(20)17(3)13-15-7-5-4-6-8-15/h4-8,14H,9-13H2,1-3H3. The second-order valence-corrected chi connectivity index (χ2v) is 8.59. The molecular weight excluding hydrogens is 314 g/mol. The molecule has 1 saturated heterocycles. The third kappa shape index (κ3) is 4.23. The Bertz CT molecular complexity index is 623. The van der Waals surface area contributed by atoms with Crippen LogP contribution in [0.5, 0.6) is 0 Å². The molecule has 0 saturated carbocycles. The Balaban J connectivity index is 1.91. The summed E-state index contributed by atoms with van der Waals surface area (Å²) in [6, 6.07) is 9.75. The van der Waals surface area contributed by atoms with Gasteiger partial charge in [-0.25, -0.2) is 13.2 Å². The lowest BCUT2D eigenvalue weighted by atomic mass is 10.2. The van der Waals surface area contributed by atoms with Gasteiger partial charge >= 0.3 is 6.03 Å². The van der Waals surface area contributed by atoms with Crippen LogP contribution in [-0.2, 0) is 16.6 Å². The highest BCUT2D eigenvalue weighted by Crippen LogP contribution is 2.14. The molecule has 2 rings (SSSR count). The second-order valence-electron chi connectivity index (χ2n) is 6.10. The van der Waals surface area contributed by atoms with Gasteiger partial charge < -0.3 is 9.80 Å². The number of amides is 2. The van der Waals surface area contributed by atoms with Crippen molar-refractivity contribution in [3.05, 3.63) is 35.9 Å². The van der Waals surface area contributed by atoms with Crippen LogP contribution in [0.25, 0.3) is 0 Å². The zero-order valence-corrected chi connectivity index (χ0v) is 14.8. The summed E-state index contributed by atoms with van der Waals surface area (Å²) in [4.78, 5) is 15.9. The minimum atomic E-state index is -3.24. The molecule has 1 heterocycles. The molecule has 1 aromatic rings. The molecule has 0 bridgehead atoms. The molecule has 0 N–H and O–H groups in total. The molecule has 1 aromatic carbocycles. The highest BCUT2D eigenvalue weighted by molar-refractivity contribution is 7.89. The molecule has 0 atom stereocenters. The number of sulfonamides is 1. The Kier molecular flexibility index (Phi) is 5.64. The van der Waals surface area contributed by atoms with Gasteiger partial charge in [-0.3, -0.25) is 0 Å². The first-order valence-electron chi connectivity index (χ1n) is 7.85. The van der Waals surface area contributed by atoms with E-state index < -0.39 is 15.3 Å². The zero-order valence-electron chi connectivity index (χ0n) is 14.0. The van der Waals surface area contributed by atoms with Crippen LogP contribution < -0.4 is 0 Å². The van der Waals surface area contributed by atoms with Crippen molar-refractivity contribution in [1.29, 1.82) is 0 Å². The molecule has 23 heavy (non-hydrogen) atoms. The minimum absolute atomic E-state index is 0.0598. The number of hydrogen-bond donors (Lipinski definition) is 0. The Morgan fingerprint density at radius 1 is 1.13 bits per heavy atom. The van der Waals surface area contributed by atoms with E-state index in [0.717, 1.165) is 5.56 Å². The van der Waals surface area contributed by atoms with Crippen molar-refractivity contribution >= 4 is 16.1 Å². The van der Waals surface area contributed by atoms with Crippen LogP contribution in [0.4, 0.5) is 4.79 Å². The van der Waals surface area contributed by atoms with Crippen molar-refractivity contribution in [2.24, 2.45) is 0 Å². The predicted molar refractivity (Wildman–Crippen MR) is 90.5 cm³/mol. The van der Waals surface area contributed by atoms with Crippen molar-refractivity contribution in [3.8, 4) is 0 Å². The lowest BCUT2D eigenvalue weighted by molar-refractivity contribution is 0.140. The molecule has 2 amide bonds. The maximum absolute atomic E-state index is 12.5. The molecule has 128 valence electrons. The van der Waals surface area contributed by atoms with Crippen molar-refractivity contribution < 1.29 is 13.2 Å². The third-order valence-electron chi connectivity index (χ3n) is 4.05. The Hall–Kier alpha value is -1.60. The monoisotopic (exact) mass is 339 g/mol. The summed E-state index contributed by atoms with van der Waals surface area (Å²) in [7, 11) is -1.47. The normalized spacial score (nSPS) is 16.6. The molecule has 6 nitrogen and oxygen atoms in total. The Labute approximate surface area is 138 Å². The molecule has 0 spiro atoms. The van der Waals surface area contributed by atoms with Crippen LogP contribution >= 0.6 is 0 Å². The molecule has 0 radical (unpaired) electrons. The summed E-state index contributed by atoms with van der Waals surface area (Å²) in [6.07, 6.45) is 0. The topological polar surface area (TPSA) is 60.9 Å². The average Bonchev–Trinajstić information content (AvgIpc) is 2.55. The van der Waals surface area contributed by atoms with Crippen molar-refractivity contribution in [1.82, 2.24) is 14.1 Å². The fourth-order valence-electron chi connectivity index (χ4n) is 2.60. The summed E-state index contributed by atoms with van der Waals surface area (Å²) >= 11 is 0. The fraction of sp³-hybridized carbons (Fsp3) is 0.562. The predicted octanol–water partition coefficient (Wildman–Crippen LogP) is 1.59. The zero-order chi connectivity index (χ0) is 17.0. The Morgan fingerprint density at radius 2 is 1.70 bits per heavy atom. The third-order valence-corrected chi connectivity index (χ3v) is 6.33. The maximum Gasteiger partial charge on any atom is 0.320 e. The summed E-state index contributed by atoms with van der Waals surface area (Å²) < 4.78 is 25.8. The average molecular weight is 339 g/mol. The number of rotatable bonds is 4. The smallest absolute Gasteiger partial charge is 0.320 e. The summed E-state index contributed by atoms with van der Waals surface area (Å²) in [5, 5.41) is -0.425. The van der Waals surface area contributed by atoms with E-state index in [1.807, 2.05) is 30.3 Å². The molecule has 0 aliphatic carbocycles. The number of hydrogen-bond acceptors (Lipinski definition) is 3. The number of benzene rings is 1. The SMILES string of the molecule is CC(C)S(=O)(=O)N1CCN(C(=O)N(C)Cc2ccccc2)CC1. The lowest BCUT2D eigenvalue weighted by Gasteiger charge is -2.36. The van der Waals surface area contributed by atoms with Crippen LogP contribution in [-0.4, -0.2) is 67.0 Å². The van der Waals surface area contributed by atoms with Gasteiger partial charge in [0, 0.05) is 39.8 Å². The van der Waals surface area contributed by atoms with E-state index in [-0.39, 0.29) is 6.03 Å². The molecule has 1 aliphatic heterocycles. The van der Waals surface area contributed by atoms with E-state index in [1.165, 1.54) is 4.31 Å². The van der Waals surface area contributed by atoms with Gasteiger partial charge in [0.1, 0.15) is 0 Å². The van der Waals surface area contributed by atoms with E-state index in [0.29, 0.717) is 32.7 Å². The molecule has 0 unspecified atom stereocenters. The number of piperazine rings is 1. The Morgan fingerprint density at radius 3 is 2.22 bits per heavy atom. The fourth-order valence-corrected chi connectivity index (χ4v) is 3.87. The molecular formula is C16H25N3O3S. The molecule has 7 heteroatoms. The summed E-state index contributed by atoms with van der Waals surface area (Å²) in [5.41, 5.74) is 1.07. The minimum Gasteiger partial charge on any atom is -0.323 e. The van der Waals surface area contributed by atoms with E-state index in [1.54, 1.807) is 30.7 Å². The van der Waals surface area contributed by atoms with Crippen LogP contribution in [0.1, 0.15) is 19.4 Å². The van der Waals surface area contributed by atoms with E-state index in [4.69, 9.17) is 0 Å². The largest absolute Gasteiger partial charge is 0.323 e. The van der Waals surface area contributed by atoms with Crippen molar-refractivity contribution in [2.75, 3.05) is 33.2 Å².